The Morgan fingerprint density at radius 1 is 1.04 bits per heavy atom. The van der Waals surface area contributed by atoms with E-state index in [4.69, 9.17) is 4.74 Å². The van der Waals surface area contributed by atoms with Crippen LogP contribution in [0.2, 0.25) is 0 Å². The summed E-state index contributed by atoms with van der Waals surface area (Å²) < 4.78 is 5.77. The molecule has 28 heavy (non-hydrogen) atoms. The molecule has 0 saturated carbocycles. The number of benzene rings is 2. The molecule has 2 unspecified atom stereocenters. The number of piperazine rings is 1. The second-order valence-corrected chi connectivity index (χ2v) is 7.23. The molecule has 2 aliphatic rings. The van der Waals surface area contributed by atoms with E-state index < -0.39 is 0 Å². The number of nitrogens with one attached hydrogen (secondary N) is 2. The van der Waals surface area contributed by atoms with Gasteiger partial charge in [-0.1, -0.05) is 42.5 Å². The van der Waals surface area contributed by atoms with E-state index in [0.717, 1.165) is 43.2 Å². The lowest BCUT2D eigenvalue weighted by molar-refractivity contribution is -0.135. The largest absolute Gasteiger partial charge is 0.492 e. The van der Waals surface area contributed by atoms with Gasteiger partial charge in [-0.05, 0) is 24.6 Å². The fourth-order valence-electron chi connectivity index (χ4n) is 4.10. The van der Waals surface area contributed by atoms with Crippen molar-refractivity contribution in [3.8, 4) is 5.75 Å². The number of ether oxygens (including phenoxy) is 1. The Morgan fingerprint density at radius 3 is 2.50 bits per heavy atom. The van der Waals surface area contributed by atoms with Crippen molar-refractivity contribution in [2.24, 2.45) is 5.92 Å². The van der Waals surface area contributed by atoms with E-state index in [-0.39, 0.29) is 17.9 Å². The predicted octanol–water partition coefficient (Wildman–Crippen LogP) is 2.20. The summed E-state index contributed by atoms with van der Waals surface area (Å²) in [6.45, 7) is 6.41. The third kappa shape index (κ3) is 3.84. The third-order valence-corrected chi connectivity index (χ3v) is 5.55. The normalized spacial score (nSPS) is 22.3. The molecular formula is C22H28N4O2. The minimum absolute atomic E-state index is 0.0189. The summed E-state index contributed by atoms with van der Waals surface area (Å²) in [5, 5.41) is 0. The van der Waals surface area contributed by atoms with Gasteiger partial charge in [-0.2, -0.15) is 0 Å². The molecule has 0 radical (unpaired) electrons. The molecule has 148 valence electrons. The van der Waals surface area contributed by atoms with Crippen LogP contribution in [0.15, 0.2) is 54.6 Å². The van der Waals surface area contributed by atoms with Crippen LogP contribution in [-0.2, 0) is 4.79 Å². The number of rotatable bonds is 5. The number of anilines is 1. The highest BCUT2D eigenvalue weighted by Crippen LogP contribution is 2.30. The third-order valence-electron chi connectivity index (χ3n) is 5.55. The second-order valence-electron chi connectivity index (χ2n) is 7.23. The second kappa shape index (κ2) is 8.63. The molecule has 0 spiro atoms. The smallest absolute Gasteiger partial charge is 0.229 e. The lowest BCUT2D eigenvalue weighted by Crippen LogP contribution is -2.51. The van der Waals surface area contributed by atoms with Crippen LogP contribution in [0.5, 0.6) is 5.75 Å². The van der Waals surface area contributed by atoms with Gasteiger partial charge in [0.15, 0.2) is 0 Å². The van der Waals surface area contributed by atoms with Crippen LogP contribution < -0.4 is 20.5 Å². The van der Waals surface area contributed by atoms with Crippen LogP contribution in [0.25, 0.3) is 0 Å². The summed E-state index contributed by atoms with van der Waals surface area (Å²) in [7, 11) is 0. The molecule has 1 amide bonds. The molecule has 6 heteroatoms. The van der Waals surface area contributed by atoms with E-state index in [2.05, 4.69) is 34.0 Å². The molecule has 2 aromatic rings. The Kier molecular flexibility index (Phi) is 5.78. The maximum absolute atomic E-state index is 13.2. The van der Waals surface area contributed by atoms with Crippen LogP contribution in [0.3, 0.4) is 0 Å². The molecule has 2 heterocycles. The Bertz CT molecular complexity index is 790. The van der Waals surface area contributed by atoms with Crippen LogP contribution in [-0.4, -0.2) is 50.1 Å². The molecule has 0 aromatic heterocycles. The van der Waals surface area contributed by atoms with Gasteiger partial charge in [0.1, 0.15) is 5.75 Å². The summed E-state index contributed by atoms with van der Waals surface area (Å²) in [6, 6.07) is 18.4. The number of carbonyl (C=O) groups excluding carboxylic acids is 1. The van der Waals surface area contributed by atoms with E-state index >= 15 is 0 Å². The Labute approximate surface area is 166 Å². The van der Waals surface area contributed by atoms with Crippen LogP contribution in [0, 0.1) is 5.92 Å². The summed E-state index contributed by atoms with van der Waals surface area (Å²) >= 11 is 0. The zero-order chi connectivity index (χ0) is 19.3. The summed E-state index contributed by atoms with van der Waals surface area (Å²) in [5.74, 6) is 1.06. The van der Waals surface area contributed by atoms with Gasteiger partial charge in [0, 0.05) is 32.7 Å². The molecule has 2 aliphatic heterocycles. The summed E-state index contributed by atoms with van der Waals surface area (Å²) in [6.07, 6.45) is 0. The zero-order valence-electron chi connectivity index (χ0n) is 16.3. The van der Waals surface area contributed by atoms with Crippen LogP contribution in [0.4, 0.5) is 5.69 Å². The fourth-order valence-corrected chi connectivity index (χ4v) is 4.10. The quantitative estimate of drug-likeness (QED) is 0.833. The fraction of sp³-hybridized carbons (Fsp3) is 0.409. The minimum atomic E-state index is -0.0790. The van der Waals surface area contributed by atoms with E-state index in [1.54, 1.807) is 0 Å². The lowest BCUT2D eigenvalue weighted by atomic mass is 9.93. The molecule has 0 bridgehead atoms. The number of carbonyl (C=O) groups is 1. The molecule has 0 aliphatic carbocycles. The van der Waals surface area contributed by atoms with Gasteiger partial charge in [0.2, 0.25) is 5.91 Å². The number of hydrogen-bond acceptors (Lipinski definition) is 5. The van der Waals surface area contributed by atoms with Crippen molar-refractivity contribution in [3.05, 3.63) is 60.2 Å². The number of nitrogens with zero attached hydrogens (tertiary/aromatic N) is 2. The highest BCUT2D eigenvalue weighted by Gasteiger charge is 2.37. The van der Waals surface area contributed by atoms with Crippen molar-refractivity contribution < 1.29 is 9.53 Å². The van der Waals surface area contributed by atoms with Crippen molar-refractivity contribution >= 4 is 11.6 Å². The SMILES string of the molecule is CCOc1ccccc1N1CCN(C(=O)C2CNNC2c2ccccc2)CC1. The van der Waals surface area contributed by atoms with Gasteiger partial charge in [0.05, 0.1) is 24.3 Å². The predicted molar refractivity (Wildman–Crippen MR) is 110 cm³/mol. The summed E-state index contributed by atoms with van der Waals surface area (Å²) in [5.41, 5.74) is 8.71. The van der Waals surface area contributed by atoms with Gasteiger partial charge in [-0.25, -0.2) is 5.43 Å². The van der Waals surface area contributed by atoms with Crippen LogP contribution >= 0.6 is 0 Å². The van der Waals surface area contributed by atoms with E-state index in [0.29, 0.717) is 13.2 Å². The molecule has 2 saturated heterocycles. The number of amides is 1. The van der Waals surface area contributed by atoms with E-state index in [9.17, 15) is 4.79 Å². The summed E-state index contributed by atoms with van der Waals surface area (Å²) in [4.78, 5) is 17.5. The van der Waals surface area contributed by atoms with Crippen LogP contribution in [0.1, 0.15) is 18.5 Å². The van der Waals surface area contributed by atoms with Gasteiger partial charge < -0.3 is 14.5 Å². The minimum Gasteiger partial charge on any atom is -0.492 e. The molecule has 4 rings (SSSR count). The van der Waals surface area contributed by atoms with Crippen molar-refractivity contribution in [2.75, 3.05) is 44.2 Å². The van der Waals surface area contributed by atoms with Gasteiger partial charge in [0.25, 0.3) is 0 Å². The molecular weight excluding hydrogens is 352 g/mol. The molecule has 2 N–H and O–H groups in total. The van der Waals surface area contributed by atoms with Gasteiger partial charge in [-0.3, -0.25) is 10.2 Å². The maximum Gasteiger partial charge on any atom is 0.229 e. The van der Waals surface area contributed by atoms with Crippen molar-refractivity contribution in [1.29, 1.82) is 0 Å². The Balaban J connectivity index is 1.40. The van der Waals surface area contributed by atoms with Gasteiger partial charge in [-0.15, -0.1) is 0 Å². The first-order valence-corrected chi connectivity index (χ1v) is 10.1. The molecule has 2 aromatic carbocycles. The average Bonchev–Trinajstić information content (AvgIpc) is 3.25. The molecule has 6 nitrogen and oxygen atoms in total. The van der Waals surface area contributed by atoms with Gasteiger partial charge >= 0.3 is 0 Å². The van der Waals surface area contributed by atoms with E-state index in [1.165, 1.54) is 0 Å². The monoisotopic (exact) mass is 380 g/mol. The highest BCUT2D eigenvalue weighted by molar-refractivity contribution is 5.81. The number of hydrazine groups is 1. The Hall–Kier alpha value is -2.57. The van der Waals surface area contributed by atoms with Crippen molar-refractivity contribution in [3.63, 3.8) is 0 Å². The van der Waals surface area contributed by atoms with Crippen molar-refractivity contribution in [1.82, 2.24) is 15.8 Å². The van der Waals surface area contributed by atoms with Crippen molar-refractivity contribution in [2.45, 2.75) is 13.0 Å². The number of hydrogen-bond donors (Lipinski definition) is 2. The zero-order valence-corrected chi connectivity index (χ0v) is 16.3. The first-order chi connectivity index (χ1) is 13.8. The average molecular weight is 380 g/mol. The lowest BCUT2D eigenvalue weighted by Gasteiger charge is -2.38. The highest BCUT2D eigenvalue weighted by atomic mass is 16.5. The molecule has 2 atom stereocenters. The first-order valence-electron chi connectivity index (χ1n) is 10.1. The Morgan fingerprint density at radius 2 is 1.75 bits per heavy atom. The number of para-hydroxylation sites is 2. The van der Waals surface area contributed by atoms with E-state index in [1.807, 2.05) is 48.2 Å². The molecule has 2 fully saturated rings. The standard InChI is InChI=1S/C22H28N4O2/c1-2-28-20-11-7-6-10-19(20)25-12-14-26(15-13-25)22(27)18-16-23-24-21(18)17-8-4-3-5-9-17/h3-11,18,21,23-24H,2,12-16H2,1H3. The topological polar surface area (TPSA) is 56.8 Å². The maximum atomic E-state index is 13.2. The first kappa shape index (κ1) is 18.8.